The Kier molecular flexibility index (Phi) is 4.06. The number of nitrogens with two attached hydrogens (primary N) is 1. The van der Waals surface area contributed by atoms with Crippen molar-refractivity contribution < 1.29 is 4.79 Å². The number of carbonyl (C=O) groups is 1. The van der Waals surface area contributed by atoms with E-state index in [1.165, 1.54) is 12.3 Å². The molecule has 2 aromatic rings. The Hall–Kier alpha value is -3.42. The predicted molar refractivity (Wildman–Crippen MR) is 114 cm³/mol. The van der Waals surface area contributed by atoms with E-state index in [0.717, 1.165) is 54.5 Å². The second-order valence-corrected chi connectivity index (χ2v) is 8.32. The van der Waals surface area contributed by atoms with Crippen molar-refractivity contribution in [3.63, 3.8) is 0 Å². The van der Waals surface area contributed by atoms with Crippen molar-refractivity contribution >= 4 is 23.0 Å². The normalized spacial score (nSPS) is 18.5. The first-order valence-corrected chi connectivity index (χ1v) is 10.3. The molecule has 2 aliphatic heterocycles. The van der Waals surface area contributed by atoms with Gasteiger partial charge in [0.1, 0.15) is 17.0 Å². The lowest BCUT2D eigenvalue weighted by Crippen LogP contribution is -2.49. The molecule has 0 bridgehead atoms. The van der Waals surface area contributed by atoms with Crippen LogP contribution in [0.25, 0.3) is 0 Å². The lowest BCUT2D eigenvalue weighted by molar-refractivity contribution is 0.0876. The molecule has 1 fully saturated rings. The molecular formula is C22H24N6O2. The smallest absolute Gasteiger partial charge is 0.277 e. The van der Waals surface area contributed by atoms with E-state index in [-0.39, 0.29) is 17.2 Å². The molecule has 3 aliphatic rings. The number of aromatic nitrogens is 2. The zero-order chi connectivity index (χ0) is 21.0. The summed E-state index contributed by atoms with van der Waals surface area (Å²) in [7, 11) is 0. The molecule has 4 heterocycles. The number of rotatable bonds is 2. The Morgan fingerprint density at radius 3 is 2.80 bits per heavy atom. The first-order chi connectivity index (χ1) is 14.4. The SMILES string of the molecule is Cc1c2c(c(=O)n3c1C(=O)NC31CCCCC1)Nc1cc(C(=N)/C=C\N)ncc1C2. The standard InChI is InChI=1S/C22H24N6O2/c1-12-14-9-13-11-25-17(15(24)5-8-23)10-16(13)26-18(14)21(30)28-19(12)20(29)27-22(28)6-3-2-4-7-22/h5,8,10-11,24,26H,2-4,6-7,9,23H2,1H3,(H,27,29)/b8-5-,24-15?. The number of hydrogen-bond donors (Lipinski definition) is 4. The van der Waals surface area contributed by atoms with Crippen LogP contribution in [0.1, 0.15) is 65.0 Å². The van der Waals surface area contributed by atoms with E-state index in [1.54, 1.807) is 16.8 Å². The summed E-state index contributed by atoms with van der Waals surface area (Å²) in [4.78, 5) is 30.9. The fraction of sp³-hybridized carbons (Fsp3) is 0.364. The van der Waals surface area contributed by atoms with E-state index in [2.05, 4.69) is 15.6 Å². The first-order valence-electron chi connectivity index (χ1n) is 10.3. The van der Waals surface area contributed by atoms with Crippen molar-refractivity contribution in [3.05, 3.63) is 63.0 Å². The van der Waals surface area contributed by atoms with Crippen LogP contribution in [0.4, 0.5) is 11.4 Å². The maximum Gasteiger partial charge on any atom is 0.277 e. The van der Waals surface area contributed by atoms with Crippen LogP contribution < -0.4 is 21.9 Å². The number of fused-ring (bicyclic) bond motifs is 4. The number of hydrogen-bond acceptors (Lipinski definition) is 6. The molecule has 0 unspecified atom stereocenters. The third kappa shape index (κ3) is 2.52. The summed E-state index contributed by atoms with van der Waals surface area (Å²) >= 11 is 0. The van der Waals surface area contributed by atoms with E-state index >= 15 is 0 Å². The molecule has 30 heavy (non-hydrogen) atoms. The van der Waals surface area contributed by atoms with Crippen LogP contribution in [0.2, 0.25) is 0 Å². The third-order valence-electron chi connectivity index (χ3n) is 6.57. The fourth-order valence-corrected chi connectivity index (χ4v) is 5.08. The molecule has 1 amide bonds. The molecule has 1 aliphatic carbocycles. The third-order valence-corrected chi connectivity index (χ3v) is 6.57. The van der Waals surface area contributed by atoms with Gasteiger partial charge >= 0.3 is 0 Å². The van der Waals surface area contributed by atoms with Gasteiger partial charge in [0.15, 0.2) is 0 Å². The molecule has 8 heteroatoms. The van der Waals surface area contributed by atoms with Crippen molar-refractivity contribution in [1.29, 1.82) is 5.41 Å². The highest BCUT2D eigenvalue weighted by Crippen LogP contribution is 2.40. The maximum atomic E-state index is 13.6. The van der Waals surface area contributed by atoms with Gasteiger partial charge in [-0.1, -0.05) is 6.42 Å². The number of anilines is 2. The number of carbonyl (C=O) groups excluding carboxylic acids is 1. The highest BCUT2D eigenvalue weighted by Gasteiger charge is 2.46. The molecular weight excluding hydrogens is 380 g/mol. The Balaban J connectivity index is 1.65. The molecule has 1 saturated carbocycles. The van der Waals surface area contributed by atoms with Crippen molar-refractivity contribution in [3.8, 4) is 0 Å². The minimum atomic E-state index is -0.610. The molecule has 0 radical (unpaired) electrons. The van der Waals surface area contributed by atoms with Gasteiger partial charge in [-0.05, 0) is 67.6 Å². The van der Waals surface area contributed by atoms with Crippen molar-refractivity contribution in [2.24, 2.45) is 5.73 Å². The highest BCUT2D eigenvalue weighted by molar-refractivity contribution is 6.05. The van der Waals surface area contributed by atoms with E-state index < -0.39 is 5.66 Å². The van der Waals surface area contributed by atoms with Crippen LogP contribution in [0.5, 0.6) is 0 Å². The predicted octanol–water partition coefficient (Wildman–Crippen LogP) is 2.40. The average Bonchev–Trinajstić information content (AvgIpc) is 3.02. The Bertz CT molecular complexity index is 1190. The number of pyridine rings is 2. The molecule has 1 spiro atoms. The fourth-order valence-electron chi connectivity index (χ4n) is 5.08. The molecule has 0 aromatic carbocycles. The molecule has 5 N–H and O–H groups in total. The molecule has 2 aromatic heterocycles. The van der Waals surface area contributed by atoms with Gasteiger partial charge in [0.2, 0.25) is 0 Å². The van der Waals surface area contributed by atoms with Crippen LogP contribution in [0.15, 0.2) is 29.3 Å². The van der Waals surface area contributed by atoms with E-state index in [1.807, 2.05) is 6.92 Å². The summed E-state index contributed by atoms with van der Waals surface area (Å²) in [5, 5.41) is 14.5. The maximum absolute atomic E-state index is 13.6. The quantitative estimate of drug-likeness (QED) is 0.488. The van der Waals surface area contributed by atoms with Crippen molar-refractivity contribution in [2.75, 3.05) is 5.32 Å². The van der Waals surface area contributed by atoms with E-state index in [9.17, 15) is 9.59 Å². The largest absolute Gasteiger partial charge is 0.405 e. The van der Waals surface area contributed by atoms with E-state index in [0.29, 0.717) is 23.5 Å². The molecule has 0 atom stereocenters. The summed E-state index contributed by atoms with van der Waals surface area (Å²) in [6.45, 7) is 1.92. The second kappa shape index (κ2) is 6.55. The Morgan fingerprint density at radius 1 is 1.30 bits per heavy atom. The monoisotopic (exact) mass is 404 g/mol. The topological polar surface area (TPSA) is 126 Å². The second-order valence-electron chi connectivity index (χ2n) is 8.32. The Morgan fingerprint density at radius 2 is 2.07 bits per heavy atom. The van der Waals surface area contributed by atoms with Gasteiger partial charge in [0, 0.05) is 18.3 Å². The zero-order valence-electron chi connectivity index (χ0n) is 16.8. The van der Waals surface area contributed by atoms with Crippen LogP contribution in [-0.2, 0) is 12.1 Å². The van der Waals surface area contributed by atoms with Gasteiger partial charge in [-0.15, -0.1) is 0 Å². The average molecular weight is 404 g/mol. The molecule has 5 rings (SSSR count). The van der Waals surface area contributed by atoms with Crippen molar-refractivity contribution in [1.82, 2.24) is 14.9 Å². The van der Waals surface area contributed by atoms with Crippen LogP contribution in [0.3, 0.4) is 0 Å². The van der Waals surface area contributed by atoms with Crippen LogP contribution in [-0.4, -0.2) is 21.2 Å². The summed E-state index contributed by atoms with van der Waals surface area (Å²) in [6.07, 6.45) is 9.66. The zero-order valence-corrected chi connectivity index (χ0v) is 16.8. The summed E-state index contributed by atoms with van der Waals surface area (Å²) in [5.74, 6) is -0.157. The van der Waals surface area contributed by atoms with Crippen LogP contribution in [0, 0.1) is 12.3 Å². The Labute approximate surface area is 173 Å². The minimum Gasteiger partial charge on any atom is -0.405 e. The highest BCUT2D eigenvalue weighted by atomic mass is 16.2. The van der Waals surface area contributed by atoms with Crippen LogP contribution >= 0.6 is 0 Å². The lowest BCUT2D eigenvalue weighted by Gasteiger charge is -2.36. The van der Waals surface area contributed by atoms with Crippen molar-refractivity contribution in [2.45, 2.75) is 51.1 Å². The number of allylic oxidation sites excluding steroid dienone is 1. The van der Waals surface area contributed by atoms with Gasteiger partial charge in [-0.3, -0.25) is 24.5 Å². The van der Waals surface area contributed by atoms with E-state index in [4.69, 9.17) is 11.1 Å². The number of nitrogens with one attached hydrogen (secondary N) is 3. The van der Waals surface area contributed by atoms with Gasteiger partial charge in [0.05, 0.1) is 11.4 Å². The molecule has 8 nitrogen and oxygen atoms in total. The lowest BCUT2D eigenvalue weighted by atomic mass is 9.88. The summed E-state index contributed by atoms with van der Waals surface area (Å²) < 4.78 is 1.71. The van der Waals surface area contributed by atoms with Gasteiger partial charge in [-0.2, -0.15) is 0 Å². The number of amides is 1. The minimum absolute atomic E-state index is 0.157. The summed E-state index contributed by atoms with van der Waals surface area (Å²) in [6, 6.07) is 1.77. The molecule has 154 valence electrons. The van der Waals surface area contributed by atoms with Gasteiger partial charge in [-0.25, -0.2) is 0 Å². The molecule has 0 saturated heterocycles. The van der Waals surface area contributed by atoms with Gasteiger partial charge < -0.3 is 16.4 Å². The number of nitrogens with zero attached hydrogens (tertiary/aromatic N) is 2. The first kappa shape index (κ1) is 18.6. The summed E-state index contributed by atoms with van der Waals surface area (Å²) in [5.41, 5.74) is 9.67. The van der Waals surface area contributed by atoms with Gasteiger partial charge in [0.25, 0.3) is 11.5 Å².